The van der Waals surface area contributed by atoms with Crippen molar-refractivity contribution in [1.82, 2.24) is 9.88 Å². The summed E-state index contributed by atoms with van der Waals surface area (Å²) in [6.45, 7) is 9.33. The molecule has 2 aromatic carbocycles. The van der Waals surface area contributed by atoms with Crippen LogP contribution in [-0.4, -0.2) is 22.3 Å². The van der Waals surface area contributed by atoms with Gasteiger partial charge in [-0.3, -0.25) is 4.79 Å². The SMILES string of the molecule is C=CCN(Cc1csc(COc2ccc(C)c(C)c2)n1)C(=O)Cc1ccccc1. The third-order valence-electron chi connectivity index (χ3n) is 4.69. The summed E-state index contributed by atoms with van der Waals surface area (Å²) in [4.78, 5) is 19.1. The molecule has 3 aromatic rings. The zero-order valence-corrected chi connectivity index (χ0v) is 17.7. The molecule has 0 spiro atoms. The Morgan fingerprint density at radius 3 is 2.69 bits per heavy atom. The summed E-state index contributed by atoms with van der Waals surface area (Å²) in [7, 11) is 0. The third kappa shape index (κ3) is 6.03. The highest BCUT2D eigenvalue weighted by Crippen LogP contribution is 2.19. The van der Waals surface area contributed by atoms with Gasteiger partial charge in [0.15, 0.2) is 0 Å². The average Bonchev–Trinajstić information content (AvgIpc) is 3.17. The number of hydrogen-bond acceptors (Lipinski definition) is 4. The molecule has 0 aliphatic carbocycles. The zero-order chi connectivity index (χ0) is 20.6. The molecule has 0 bridgehead atoms. The van der Waals surface area contributed by atoms with Crippen molar-refractivity contribution in [2.45, 2.75) is 33.4 Å². The number of aryl methyl sites for hydroxylation is 2. The molecule has 0 saturated carbocycles. The Kier molecular flexibility index (Phi) is 7.19. The van der Waals surface area contributed by atoms with Gasteiger partial charge >= 0.3 is 0 Å². The monoisotopic (exact) mass is 406 g/mol. The second-order valence-corrected chi connectivity index (χ2v) is 7.94. The zero-order valence-electron chi connectivity index (χ0n) is 16.9. The van der Waals surface area contributed by atoms with Gasteiger partial charge in [-0.15, -0.1) is 17.9 Å². The Morgan fingerprint density at radius 2 is 1.97 bits per heavy atom. The van der Waals surface area contributed by atoms with Crippen LogP contribution in [-0.2, 0) is 24.4 Å². The smallest absolute Gasteiger partial charge is 0.227 e. The van der Waals surface area contributed by atoms with Crippen LogP contribution in [0.25, 0.3) is 0 Å². The minimum absolute atomic E-state index is 0.0667. The first kappa shape index (κ1) is 20.8. The van der Waals surface area contributed by atoms with Crippen LogP contribution in [0.15, 0.2) is 66.6 Å². The molecule has 0 aliphatic rings. The minimum atomic E-state index is 0.0667. The lowest BCUT2D eigenvalue weighted by atomic mass is 10.1. The Morgan fingerprint density at radius 1 is 1.17 bits per heavy atom. The van der Waals surface area contributed by atoms with Crippen LogP contribution in [0, 0.1) is 13.8 Å². The van der Waals surface area contributed by atoms with E-state index in [9.17, 15) is 4.79 Å². The first-order valence-corrected chi connectivity index (χ1v) is 10.5. The molecule has 0 atom stereocenters. The highest BCUT2D eigenvalue weighted by molar-refractivity contribution is 7.09. The Balaban J connectivity index is 1.59. The summed E-state index contributed by atoms with van der Waals surface area (Å²) in [5.41, 5.74) is 4.33. The van der Waals surface area contributed by atoms with E-state index in [2.05, 4.69) is 31.5 Å². The molecule has 1 amide bonds. The fourth-order valence-corrected chi connectivity index (χ4v) is 3.62. The number of amides is 1. The number of ether oxygens (including phenoxy) is 1. The predicted octanol–water partition coefficient (Wildman–Crippen LogP) is 5.10. The van der Waals surface area contributed by atoms with Gasteiger partial charge in [-0.25, -0.2) is 4.98 Å². The summed E-state index contributed by atoms with van der Waals surface area (Å²) < 4.78 is 5.87. The molecule has 4 nitrogen and oxygen atoms in total. The summed E-state index contributed by atoms with van der Waals surface area (Å²) in [5, 5.41) is 2.89. The van der Waals surface area contributed by atoms with E-state index >= 15 is 0 Å². The lowest BCUT2D eigenvalue weighted by Gasteiger charge is -2.20. The Hall–Kier alpha value is -2.92. The van der Waals surface area contributed by atoms with E-state index in [1.807, 2.05) is 47.8 Å². The molecule has 5 heteroatoms. The van der Waals surface area contributed by atoms with Crippen molar-refractivity contribution in [3.05, 3.63) is 94.0 Å². The van der Waals surface area contributed by atoms with Crippen molar-refractivity contribution in [2.75, 3.05) is 6.54 Å². The lowest BCUT2D eigenvalue weighted by molar-refractivity contribution is -0.130. The van der Waals surface area contributed by atoms with Crippen LogP contribution in [0.4, 0.5) is 0 Å². The van der Waals surface area contributed by atoms with Crippen LogP contribution >= 0.6 is 11.3 Å². The molecule has 0 unspecified atom stereocenters. The van der Waals surface area contributed by atoms with Crippen molar-refractivity contribution < 1.29 is 9.53 Å². The van der Waals surface area contributed by atoms with Crippen LogP contribution in [0.3, 0.4) is 0 Å². The number of carbonyl (C=O) groups excluding carboxylic acids is 1. The second-order valence-electron chi connectivity index (χ2n) is 6.99. The van der Waals surface area contributed by atoms with Gasteiger partial charge in [0.2, 0.25) is 5.91 Å². The highest BCUT2D eigenvalue weighted by atomic mass is 32.1. The van der Waals surface area contributed by atoms with E-state index < -0.39 is 0 Å². The normalized spacial score (nSPS) is 10.6. The van der Waals surface area contributed by atoms with Gasteiger partial charge in [0, 0.05) is 11.9 Å². The van der Waals surface area contributed by atoms with Crippen LogP contribution < -0.4 is 4.74 Å². The van der Waals surface area contributed by atoms with Gasteiger partial charge in [0.1, 0.15) is 17.4 Å². The minimum Gasteiger partial charge on any atom is -0.486 e. The first-order valence-electron chi connectivity index (χ1n) is 9.61. The van der Waals surface area contributed by atoms with Crippen LogP contribution in [0.5, 0.6) is 5.75 Å². The number of nitrogens with zero attached hydrogens (tertiary/aromatic N) is 2. The Bertz CT molecular complexity index is 966. The molecule has 0 N–H and O–H groups in total. The van der Waals surface area contributed by atoms with Gasteiger partial charge in [-0.2, -0.15) is 0 Å². The van der Waals surface area contributed by atoms with E-state index in [0.717, 1.165) is 22.0 Å². The summed E-state index contributed by atoms with van der Waals surface area (Å²) >= 11 is 1.55. The standard InChI is InChI=1S/C24H26N2O2S/c1-4-12-26(24(27)14-20-8-6-5-7-9-20)15-21-17-29-23(25-21)16-28-22-11-10-18(2)19(3)13-22/h4-11,13,17H,1,12,14-16H2,2-3H3. The molecule has 0 fully saturated rings. The largest absolute Gasteiger partial charge is 0.486 e. The molecular weight excluding hydrogens is 380 g/mol. The molecule has 150 valence electrons. The number of hydrogen-bond donors (Lipinski definition) is 0. The fourth-order valence-electron chi connectivity index (χ4n) is 2.92. The number of thiazole rings is 1. The average molecular weight is 407 g/mol. The van der Waals surface area contributed by atoms with Gasteiger partial charge in [-0.05, 0) is 42.7 Å². The van der Waals surface area contributed by atoms with Crippen molar-refractivity contribution in [2.24, 2.45) is 0 Å². The summed E-state index contributed by atoms with van der Waals surface area (Å²) in [6, 6.07) is 15.9. The van der Waals surface area contributed by atoms with E-state index in [4.69, 9.17) is 4.74 Å². The number of aromatic nitrogens is 1. The molecule has 0 aliphatic heterocycles. The third-order valence-corrected chi connectivity index (χ3v) is 5.56. The first-order chi connectivity index (χ1) is 14.0. The van der Waals surface area contributed by atoms with Crippen molar-refractivity contribution >= 4 is 17.2 Å². The van der Waals surface area contributed by atoms with Gasteiger partial charge in [-0.1, -0.05) is 42.5 Å². The van der Waals surface area contributed by atoms with Crippen molar-refractivity contribution in [3.63, 3.8) is 0 Å². The van der Waals surface area contributed by atoms with E-state index in [1.165, 1.54) is 11.1 Å². The number of rotatable bonds is 9. The van der Waals surface area contributed by atoms with Gasteiger partial charge in [0.25, 0.3) is 0 Å². The van der Waals surface area contributed by atoms with E-state index in [1.54, 1.807) is 22.3 Å². The predicted molar refractivity (Wildman–Crippen MR) is 118 cm³/mol. The molecular formula is C24H26N2O2S. The maximum Gasteiger partial charge on any atom is 0.227 e. The molecule has 0 saturated heterocycles. The van der Waals surface area contributed by atoms with E-state index in [0.29, 0.717) is 26.1 Å². The van der Waals surface area contributed by atoms with Crippen LogP contribution in [0.2, 0.25) is 0 Å². The lowest BCUT2D eigenvalue weighted by Crippen LogP contribution is -2.32. The molecule has 1 heterocycles. The highest BCUT2D eigenvalue weighted by Gasteiger charge is 2.15. The quantitative estimate of drug-likeness (QED) is 0.465. The van der Waals surface area contributed by atoms with E-state index in [-0.39, 0.29) is 5.91 Å². The topological polar surface area (TPSA) is 42.4 Å². The molecule has 0 radical (unpaired) electrons. The van der Waals surface area contributed by atoms with Crippen LogP contribution in [0.1, 0.15) is 27.4 Å². The van der Waals surface area contributed by atoms with Crippen molar-refractivity contribution in [1.29, 1.82) is 0 Å². The molecule has 3 rings (SSSR count). The molecule has 1 aromatic heterocycles. The van der Waals surface area contributed by atoms with Gasteiger partial charge in [0.05, 0.1) is 18.7 Å². The maximum atomic E-state index is 12.7. The number of carbonyl (C=O) groups is 1. The van der Waals surface area contributed by atoms with Gasteiger partial charge < -0.3 is 9.64 Å². The van der Waals surface area contributed by atoms with Crippen molar-refractivity contribution in [3.8, 4) is 5.75 Å². The summed E-state index contributed by atoms with van der Waals surface area (Å²) in [6.07, 6.45) is 2.13. The fraction of sp³-hybridized carbons (Fsp3) is 0.250. The second kappa shape index (κ2) is 10.0. The molecule has 29 heavy (non-hydrogen) atoms. The maximum absolute atomic E-state index is 12.7. The summed E-state index contributed by atoms with van der Waals surface area (Å²) in [5.74, 6) is 0.910. The Labute approximate surface area is 176 Å². The number of benzene rings is 2.